The van der Waals surface area contributed by atoms with Gasteiger partial charge in [-0.15, -0.1) is 0 Å². The van der Waals surface area contributed by atoms with Crippen molar-refractivity contribution in [1.82, 2.24) is 0 Å². The average molecular weight is 329 g/mol. The molecule has 3 rings (SSSR count). The van der Waals surface area contributed by atoms with Gasteiger partial charge in [-0.05, 0) is 68.1 Å². The number of carbonyl (C=O) groups is 1. The Balaban J connectivity index is 2.08. The molecule has 5 heteroatoms. The largest absolute Gasteiger partial charge is 0.295 e. The van der Waals surface area contributed by atoms with Crippen molar-refractivity contribution in [2.24, 2.45) is 0 Å². The van der Waals surface area contributed by atoms with Crippen LogP contribution in [0.3, 0.4) is 0 Å². The molecule has 2 aromatic rings. The summed E-state index contributed by atoms with van der Waals surface area (Å²) in [7, 11) is -3.59. The smallest absolute Gasteiger partial charge is 0.264 e. The Hall–Kier alpha value is -2.14. The van der Waals surface area contributed by atoms with Crippen LogP contribution in [0.4, 0.5) is 5.69 Å². The summed E-state index contributed by atoms with van der Waals surface area (Å²) in [6.07, 6.45) is 0.626. The number of hydrogen-bond donors (Lipinski definition) is 0. The first-order chi connectivity index (χ1) is 10.8. The number of benzene rings is 2. The van der Waals surface area contributed by atoms with E-state index in [1.54, 1.807) is 24.3 Å². The Bertz CT molecular complexity index is 900. The van der Waals surface area contributed by atoms with Gasteiger partial charge >= 0.3 is 0 Å². The minimum absolute atomic E-state index is 0.0105. The monoisotopic (exact) mass is 329 g/mol. The zero-order valence-corrected chi connectivity index (χ0v) is 14.3. The van der Waals surface area contributed by atoms with E-state index in [1.807, 2.05) is 26.0 Å². The summed E-state index contributed by atoms with van der Waals surface area (Å²) in [6, 6.07) is 10.7. The molecule has 0 saturated carbocycles. The molecule has 0 N–H and O–H groups in total. The van der Waals surface area contributed by atoms with E-state index in [4.69, 9.17) is 0 Å². The van der Waals surface area contributed by atoms with Gasteiger partial charge in [0.25, 0.3) is 10.0 Å². The number of anilines is 1. The maximum atomic E-state index is 13.0. The third kappa shape index (κ3) is 2.65. The third-order valence-corrected chi connectivity index (χ3v) is 6.21. The van der Waals surface area contributed by atoms with Crippen LogP contribution >= 0.6 is 0 Å². The van der Waals surface area contributed by atoms with Crippen molar-refractivity contribution >= 4 is 21.5 Å². The van der Waals surface area contributed by atoms with Gasteiger partial charge in [-0.3, -0.25) is 9.10 Å². The lowest BCUT2D eigenvalue weighted by Crippen LogP contribution is -2.29. The SMILES string of the molecule is CC(=O)c1ccc2c(c1)CCN2S(=O)(=O)c1cc(C)ccc1C. The molecule has 0 fully saturated rings. The highest BCUT2D eigenvalue weighted by molar-refractivity contribution is 7.93. The molecule has 1 heterocycles. The Morgan fingerprint density at radius 1 is 1.09 bits per heavy atom. The molecule has 120 valence electrons. The minimum atomic E-state index is -3.59. The van der Waals surface area contributed by atoms with Crippen LogP contribution in [0.1, 0.15) is 34.0 Å². The van der Waals surface area contributed by atoms with Crippen molar-refractivity contribution in [3.63, 3.8) is 0 Å². The second-order valence-corrected chi connectivity index (χ2v) is 7.83. The topological polar surface area (TPSA) is 54.5 Å². The standard InChI is InChI=1S/C18H19NO3S/c1-12-4-5-13(2)18(10-12)23(21,22)19-9-8-16-11-15(14(3)20)6-7-17(16)19/h4-7,10-11H,8-9H2,1-3H3. The van der Waals surface area contributed by atoms with E-state index in [0.29, 0.717) is 29.1 Å². The molecule has 0 amide bonds. The van der Waals surface area contributed by atoms with E-state index in [1.165, 1.54) is 11.2 Å². The van der Waals surface area contributed by atoms with Crippen LogP contribution in [0.25, 0.3) is 0 Å². The predicted molar refractivity (Wildman–Crippen MR) is 90.6 cm³/mol. The van der Waals surface area contributed by atoms with Crippen molar-refractivity contribution in [2.45, 2.75) is 32.1 Å². The molecule has 0 radical (unpaired) electrons. The van der Waals surface area contributed by atoms with Crippen LogP contribution in [0.5, 0.6) is 0 Å². The number of ketones is 1. The van der Waals surface area contributed by atoms with Gasteiger partial charge in [-0.2, -0.15) is 0 Å². The summed E-state index contributed by atoms with van der Waals surface area (Å²) in [5, 5.41) is 0. The first-order valence-electron chi connectivity index (χ1n) is 7.54. The van der Waals surface area contributed by atoms with Gasteiger partial charge in [-0.1, -0.05) is 12.1 Å². The molecular weight excluding hydrogens is 310 g/mol. The van der Waals surface area contributed by atoms with Crippen LogP contribution in [0, 0.1) is 13.8 Å². The fourth-order valence-corrected chi connectivity index (χ4v) is 4.76. The molecule has 0 atom stereocenters. The van der Waals surface area contributed by atoms with Crippen LogP contribution in [-0.4, -0.2) is 20.7 Å². The molecule has 0 spiro atoms. The fraction of sp³-hybridized carbons (Fsp3) is 0.278. The maximum Gasteiger partial charge on any atom is 0.264 e. The molecular formula is C18H19NO3S. The molecule has 23 heavy (non-hydrogen) atoms. The van der Waals surface area contributed by atoms with E-state index in [9.17, 15) is 13.2 Å². The molecule has 0 unspecified atom stereocenters. The lowest BCUT2D eigenvalue weighted by molar-refractivity contribution is 0.101. The van der Waals surface area contributed by atoms with E-state index in [0.717, 1.165) is 16.7 Å². The Kier molecular flexibility index (Phi) is 3.76. The minimum Gasteiger partial charge on any atom is -0.295 e. The number of hydrogen-bond acceptors (Lipinski definition) is 3. The Morgan fingerprint density at radius 3 is 2.52 bits per heavy atom. The lowest BCUT2D eigenvalue weighted by atomic mass is 10.1. The molecule has 0 bridgehead atoms. The van der Waals surface area contributed by atoms with Crippen molar-refractivity contribution < 1.29 is 13.2 Å². The summed E-state index contributed by atoms with van der Waals surface area (Å²) >= 11 is 0. The predicted octanol–water partition coefficient (Wildman–Crippen LogP) is 3.26. The van der Waals surface area contributed by atoms with Crippen molar-refractivity contribution in [3.8, 4) is 0 Å². The number of Topliss-reactive ketones (excluding diaryl/α,β-unsaturated/α-hetero) is 1. The van der Waals surface area contributed by atoms with Crippen LogP contribution in [-0.2, 0) is 16.4 Å². The number of sulfonamides is 1. The van der Waals surface area contributed by atoms with E-state index < -0.39 is 10.0 Å². The normalized spacial score (nSPS) is 14.0. The first-order valence-corrected chi connectivity index (χ1v) is 8.98. The summed E-state index contributed by atoms with van der Waals surface area (Å²) in [5.74, 6) is -0.0105. The van der Waals surface area contributed by atoms with Gasteiger partial charge in [-0.25, -0.2) is 8.42 Å². The van der Waals surface area contributed by atoms with Gasteiger partial charge in [0.05, 0.1) is 10.6 Å². The Morgan fingerprint density at radius 2 is 1.83 bits per heavy atom. The van der Waals surface area contributed by atoms with Gasteiger partial charge in [0.15, 0.2) is 5.78 Å². The zero-order chi connectivity index (χ0) is 16.8. The first kappa shape index (κ1) is 15.7. The highest BCUT2D eigenvalue weighted by atomic mass is 32.2. The number of rotatable bonds is 3. The summed E-state index contributed by atoms with van der Waals surface area (Å²) < 4.78 is 27.5. The molecule has 0 aromatic heterocycles. The Labute approximate surface area is 136 Å². The highest BCUT2D eigenvalue weighted by Gasteiger charge is 2.32. The van der Waals surface area contributed by atoms with E-state index in [-0.39, 0.29) is 5.78 Å². The number of aryl methyl sites for hydroxylation is 2. The van der Waals surface area contributed by atoms with Crippen LogP contribution < -0.4 is 4.31 Å². The second-order valence-electron chi connectivity index (χ2n) is 6.00. The molecule has 1 aliphatic heterocycles. The second kappa shape index (κ2) is 5.49. The lowest BCUT2D eigenvalue weighted by Gasteiger charge is -2.21. The highest BCUT2D eigenvalue weighted by Crippen LogP contribution is 2.34. The van der Waals surface area contributed by atoms with E-state index in [2.05, 4.69) is 0 Å². The van der Waals surface area contributed by atoms with Crippen molar-refractivity contribution in [3.05, 3.63) is 58.7 Å². The van der Waals surface area contributed by atoms with Crippen molar-refractivity contribution in [1.29, 1.82) is 0 Å². The fourth-order valence-electron chi connectivity index (χ4n) is 2.94. The molecule has 0 saturated heterocycles. The van der Waals surface area contributed by atoms with Crippen LogP contribution in [0.2, 0.25) is 0 Å². The molecule has 1 aliphatic rings. The number of carbonyl (C=O) groups excluding carboxylic acids is 1. The quantitative estimate of drug-likeness (QED) is 0.812. The van der Waals surface area contributed by atoms with Gasteiger partial charge in [0.1, 0.15) is 0 Å². The molecule has 2 aromatic carbocycles. The molecule has 0 aliphatic carbocycles. The van der Waals surface area contributed by atoms with Gasteiger partial charge < -0.3 is 0 Å². The zero-order valence-electron chi connectivity index (χ0n) is 13.5. The molecule has 4 nitrogen and oxygen atoms in total. The van der Waals surface area contributed by atoms with E-state index >= 15 is 0 Å². The van der Waals surface area contributed by atoms with Gasteiger partial charge in [0.2, 0.25) is 0 Å². The number of fused-ring (bicyclic) bond motifs is 1. The maximum absolute atomic E-state index is 13.0. The van der Waals surface area contributed by atoms with Gasteiger partial charge in [0, 0.05) is 12.1 Å². The summed E-state index contributed by atoms with van der Waals surface area (Å²) in [4.78, 5) is 11.8. The summed E-state index contributed by atoms with van der Waals surface area (Å²) in [5.41, 5.74) is 3.86. The third-order valence-electron chi connectivity index (χ3n) is 4.25. The van der Waals surface area contributed by atoms with Crippen molar-refractivity contribution in [2.75, 3.05) is 10.8 Å². The van der Waals surface area contributed by atoms with Crippen LogP contribution in [0.15, 0.2) is 41.3 Å². The summed E-state index contributed by atoms with van der Waals surface area (Å²) in [6.45, 7) is 5.62. The average Bonchev–Trinajstić information content (AvgIpc) is 2.93. The number of nitrogens with zero attached hydrogens (tertiary/aromatic N) is 1.